The van der Waals surface area contributed by atoms with Gasteiger partial charge in [0.05, 0.1) is 18.8 Å². The Bertz CT molecular complexity index is 751. The van der Waals surface area contributed by atoms with Gasteiger partial charge in [-0.2, -0.15) is 0 Å². The first-order chi connectivity index (χ1) is 11.8. The predicted molar refractivity (Wildman–Crippen MR) is 101 cm³/mol. The summed E-state index contributed by atoms with van der Waals surface area (Å²) in [5, 5.41) is 0. The van der Waals surface area contributed by atoms with E-state index in [1.165, 1.54) is 5.56 Å². The summed E-state index contributed by atoms with van der Waals surface area (Å²) in [5.41, 5.74) is 5.27. The Balaban J connectivity index is 1.82. The molecule has 2 atom stereocenters. The molecule has 1 aromatic carbocycles. The highest BCUT2D eigenvalue weighted by Gasteiger charge is 2.25. The summed E-state index contributed by atoms with van der Waals surface area (Å²) in [4.78, 5) is 15.1. The molecule has 4 nitrogen and oxygen atoms in total. The fourth-order valence-electron chi connectivity index (χ4n) is 3.84. The largest absolute Gasteiger partial charge is 0.373 e. The van der Waals surface area contributed by atoms with Crippen LogP contribution in [0.15, 0.2) is 30.3 Å². The quantitative estimate of drug-likeness (QED) is 0.796. The zero-order valence-electron chi connectivity index (χ0n) is 15.9. The van der Waals surface area contributed by atoms with Crippen LogP contribution in [0.2, 0.25) is 0 Å². The van der Waals surface area contributed by atoms with Gasteiger partial charge in [0, 0.05) is 35.7 Å². The van der Waals surface area contributed by atoms with E-state index in [4.69, 9.17) is 4.74 Å². The molecule has 1 fully saturated rings. The molecule has 4 heteroatoms. The predicted octanol–water partition coefficient (Wildman–Crippen LogP) is 3.69. The summed E-state index contributed by atoms with van der Waals surface area (Å²) < 4.78 is 7.92. The highest BCUT2D eigenvalue weighted by Crippen LogP contribution is 2.22. The number of hydrogen-bond donors (Lipinski definition) is 0. The van der Waals surface area contributed by atoms with Gasteiger partial charge in [-0.05, 0) is 52.8 Å². The highest BCUT2D eigenvalue weighted by atomic mass is 16.5. The molecule has 0 saturated carbocycles. The second-order valence-electron chi connectivity index (χ2n) is 7.33. The molecule has 134 valence electrons. The first-order valence-corrected chi connectivity index (χ1v) is 9.02. The van der Waals surface area contributed by atoms with Crippen LogP contribution in [0.3, 0.4) is 0 Å². The van der Waals surface area contributed by atoms with Crippen LogP contribution in [0.25, 0.3) is 5.69 Å². The Morgan fingerprint density at radius 3 is 2.28 bits per heavy atom. The zero-order chi connectivity index (χ0) is 18.1. The van der Waals surface area contributed by atoms with Crippen LogP contribution in [-0.4, -0.2) is 47.1 Å². The minimum absolute atomic E-state index is 0.177. The van der Waals surface area contributed by atoms with Crippen molar-refractivity contribution in [1.82, 2.24) is 9.47 Å². The average Bonchev–Trinajstić information content (AvgIpc) is 2.82. The third kappa shape index (κ3) is 3.86. The van der Waals surface area contributed by atoms with E-state index in [1.807, 2.05) is 13.0 Å². The molecular weight excluding hydrogens is 312 g/mol. The standard InChI is InChI=1S/C21H28N2O2/c1-14-6-8-19(9-7-14)23-15(2)10-20(18(23)5)21(24)13-22-11-16(3)25-17(4)12-22/h6-10,16-17H,11-13H2,1-5H3/t16-,17-/m1/s1. The molecule has 2 heterocycles. The Kier molecular flexibility index (Phi) is 5.11. The Morgan fingerprint density at radius 2 is 1.68 bits per heavy atom. The van der Waals surface area contributed by atoms with E-state index in [0.717, 1.165) is 35.7 Å². The molecule has 0 aliphatic carbocycles. The molecule has 0 bridgehead atoms. The maximum absolute atomic E-state index is 12.9. The summed E-state index contributed by atoms with van der Waals surface area (Å²) in [7, 11) is 0. The molecule has 0 amide bonds. The molecule has 1 aliphatic heterocycles. The van der Waals surface area contributed by atoms with Crippen LogP contribution < -0.4 is 0 Å². The Morgan fingerprint density at radius 1 is 1.08 bits per heavy atom. The Hall–Kier alpha value is -1.91. The third-order valence-corrected chi connectivity index (χ3v) is 4.89. The van der Waals surface area contributed by atoms with Gasteiger partial charge < -0.3 is 9.30 Å². The summed E-state index contributed by atoms with van der Waals surface area (Å²) >= 11 is 0. The number of hydrogen-bond acceptors (Lipinski definition) is 3. The lowest BCUT2D eigenvalue weighted by molar-refractivity contribution is -0.0652. The number of carbonyl (C=O) groups excluding carboxylic acids is 1. The van der Waals surface area contributed by atoms with E-state index in [1.54, 1.807) is 0 Å². The van der Waals surface area contributed by atoms with Crippen molar-refractivity contribution in [2.24, 2.45) is 0 Å². The number of rotatable bonds is 4. The van der Waals surface area contributed by atoms with E-state index >= 15 is 0 Å². The molecule has 1 aliphatic rings. The lowest BCUT2D eigenvalue weighted by Gasteiger charge is -2.34. The van der Waals surface area contributed by atoms with Crippen LogP contribution >= 0.6 is 0 Å². The molecular formula is C21H28N2O2. The second kappa shape index (κ2) is 7.14. The van der Waals surface area contributed by atoms with E-state index < -0.39 is 0 Å². The number of morpholine rings is 1. The molecule has 0 radical (unpaired) electrons. The van der Waals surface area contributed by atoms with Gasteiger partial charge >= 0.3 is 0 Å². The Labute approximate surface area is 150 Å². The van der Waals surface area contributed by atoms with Crippen molar-refractivity contribution in [2.45, 2.75) is 46.8 Å². The molecule has 25 heavy (non-hydrogen) atoms. The SMILES string of the molecule is Cc1ccc(-n2c(C)cc(C(=O)CN3C[C@@H](C)O[C@H](C)C3)c2C)cc1. The van der Waals surface area contributed by atoms with Crippen molar-refractivity contribution < 1.29 is 9.53 Å². The van der Waals surface area contributed by atoms with Gasteiger partial charge in [-0.15, -0.1) is 0 Å². The van der Waals surface area contributed by atoms with E-state index in [0.29, 0.717) is 6.54 Å². The third-order valence-electron chi connectivity index (χ3n) is 4.89. The molecule has 0 unspecified atom stereocenters. The maximum atomic E-state index is 12.9. The minimum Gasteiger partial charge on any atom is -0.373 e. The van der Waals surface area contributed by atoms with Crippen molar-refractivity contribution in [1.29, 1.82) is 0 Å². The van der Waals surface area contributed by atoms with Gasteiger partial charge in [0.15, 0.2) is 5.78 Å². The van der Waals surface area contributed by atoms with Gasteiger partial charge in [0.25, 0.3) is 0 Å². The van der Waals surface area contributed by atoms with Crippen LogP contribution in [0.1, 0.15) is 41.2 Å². The van der Waals surface area contributed by atoms with Crippen molar-refractivity contribution in [3.63, 3.8) is 0 Å². The van der Waals surface area contributed by atoms with Crippen LogP contribution in [0, 0.1) is 20.8 Å². The normalized spacial score (nSPS) is 21.5. The number of nitrogens with zero attached hydrogens (tertiary/aromatic N) is 2. The van der Waals surface area contributed by atoms with Crippen LogP contribution in [0.4, 0.5) is 0 Å². The minimum atomic E-state index is 0.177. The maximum Gasteiger partial charge on any atom is 0.178 e. The highest BCUT2D eigenvalue weighted by molar-refractivity contribution is 5.99. The summed E-state index contributed by atoms with van der Waals surface area (Å²) in [6.07, 6.45) is 0.355. The zero-order valence-corrected chi connectivity index (χ0v) is 15.9. The van der Waals surface area contributed by atoms with Gasteiger partial charge in [0.1, 0.15) is 0 Å². The fraction of sp³-hybridized carbons (Fsp3) is 0.476. The second-order valence-corrected chi connectivity index (χ2v) is 7.33. The van der Waals surface area contributed by atoms with E-state index in [-0.39, 0.29) is 18.0 Å². The van der Waals surface area contributed by atoms with Crippen molar-refractivity contribution >= 4 is 5.78 Å². The van der Waals surface area contributed by atoms with Crippen molar-refractivity contribution in [3.05, 3.63) is 52.8 Å². The lowest BCUT2D eigenvalue weighted by atomic mass is 10.1. The molecule has 2 aromatic rings. The number of Topliss-reactive ketones (excluding diaryl/α,β-unsaturated/α-hetero) is 1. The van der Waals surface area contributed by atoms with E-state index in [2.05, 4.69) is 61.4 Å². The molecule has 1 saturated heterocycles. The number of aryl methyl sites for hydroxylation is 2. The fourth-order valence-corrected chi connectivity index (χ4v) is 3.84. The smallest absolute Gasteiger partial charge is 0.178 e. The van der Waals surface area contributed by atoms with Crippen LogP contribution in [0.5, 0.6) is 0 Å². The van der Waals surface area contributed by atoms with Crippen molar-refractivity contribution in [2.75, 3.05) is 19.6 Å². The summed E-state index contributed by atoms with van der Waals surface area (Å²) in [6, 6.07) is 10.4. The van der Waals surface area contributed by atoms with Gasteiger partial charge in [-0.1, -0.05) is 17.7 Å². The summed E-state index contributed by atoms with van der Waals surface area (Å²) in [5.74, 6) is 0.188. The number of benzene rings is 1. The molecule has 3 rings (SSSR count). The monoisotopic (exact) mass is 340 g/mol. The number of carbonyl (C=O) groups is 1. The van der Waals surface area contributed by atoms with Crippen LogP contribution in [-0.2, 0) is 4.74 Å². The number of ether oxygens (including phenoxy) is 1. The summed E-state index contributed by atoms with van der Waals surface area (Å²) in [6.45, 7) is 12.4. The first-order valence-electron chi connectivity index (χ1n) is 9.02. The topological polar surface area (TPSA) is 34.5 Å². The van der Waals surface area contributed by atoms with Gasteiger partial charge in [0.2, 0.25) is 0 Å². The lowest BCUT2D eigenvalue weighted by Crippen LogP contribution is -2.47. The molecule has 1 aromatic heterocycles. The van der Waals surface area contributed by atoms with Gasteiger partial charge in [-0.25, -0.2) is 0 Å². The van der Waals surface area contributed by atoms with Gasteiger partial charge in [-0.3, -0.25) is 9.69 Å². The first kappa shape index (κ1) is 17.9. The number of aromatic nitrogens is 1. The van der Waals surface area contributed by atoms with E-state index in [9.17, 15) is 4.79 Å². The van der Waals surface area contributed by atoms with Crippen molar-refractivity contribution in [3.8, 4) is 5.69 Å². The average molecular weight is 340 g/mol. The molecule has 0 spiro atoms. The molecule has 0 N–H and O–H groups in total. The number of ketones is 1.